The molecule has 2 saturated carbocycles. The van der Waals surface area contributed by atoms with Gasteiger partial charge >= 0.3 is 0 Å². The van der Waals surface area contributed by atoms with Gasteiger partial charge in [0, 0.05) is 16.9 Å². The zero-order valence-corrected chi connectivity index (χ0v) is 40.3. The summed E-state index contributed by atoms with van der Waals surface area (Å²) in [5.74, 6) is 1.93. The van der Waals surface area contributed by atoms with Crippen LogP contribution in [0.3, 0.4) is 0 Å². The number of nitrogens with zero attached hydrogens (tertiary/aromatic N) is 1. The van der Waals surface area contributed by atoms with Crippen molar-refractivity contribution in [3.8, 4) is 33.4 Å². The SMILES string of the molecule is CCCC(CC)c1ccc(-c2ccc(N(c3ccc4c(c3)C(c3ccc(C5CCCCC5)cc3)(c3ccc(C5CCCCC5)cc3)c3ccccc3-4)c3ccccc3-c3ccccc3)cc2)cc1. The van der Waals surface area contributed by atoms with Gasteiger partial charge in [0.1, 0.15) is 0 Å². The fourth-order valence-corrected chi connectivity index (χ4v) is 12.7. The number of hydrogen-bond donors (Lipinski definition) is 0. The summed E-state index contributed by atoms with van der Waals surface area (Å²) in [5, 5.41) is 0. The minimum atomic E-state index is -0.507. The predicted molar refractivity (Wildman–Crippen MR) is 289 cm³/mol. The molecule has 0 N–H and O–H groups in total. The lowest BCUT2D eigenvalue weighted by Crippen LogP contribution is -2.29. The average Bonchev–Trinajstić information content (AvgIpc) is 3.72. The third kappa shape index (κ3) is 8.23. The van der Waals surface area contributed by atoms with E-state index in [0.29, 0.717) is 17.8 Å². The monoisotopic (exact) mass is 886 g/mol. The van der Waals surface area contributed by atoms with E-state index in [2.05, 4.69) is 213 Å². The highest BCUT2D eigenvalue weighted by Gasteiger charge is 2.46. The van der Waals surface area contributed by atoms with Crippen molar-refractivity contribution in [2.75, 3.05) is 4.90 Å². The lowest BCUT2D eigenvalue weighted by atomic mass is 9.67. The second kappa shape index (κ2) is 19.7. The first-order chi connectivity index (χ1) is 33.6. The Morgan fingerprint density at radius 3 is 1.54 bits per heavy atom. The van der Waals surface area contributed by atoms with Crippen LogP contribution >= 0.6 is 0 Å². The van der Waals surface area contributed by atoms with Crippen LogP contribution in [0.2, 0.25) is 0 Å². The van der Waals surface area contributed by atoms with Crippen molar-refractivity contribution >= 4 is 17.1 Å². The average molecular weight is 886 g/mol. The third-order valence-electron chi connectivity index (χ3n) is 16.3. The van der Waals surface area contributed by atoms with E-state index in [1.165, 1.54) is 156 Å². The van der Waals surface area contributed by atoms with Gasteiger partial charge in [-0.15, -0.1) is 0 Å². The van der Waals surface area contributed by atoms with Crippen LogP contribution in [-0.2, 0) is 5.41 Å². The molecule has 0 radical (unpaired) electrons. The highest BCUT2D eigenvalue weighted by Crippen LogP contribution is 2.58. The smallest absolute Gasteiger partial charge is 0.0714 e. The van der Waals surface area contributed by atoms with Crippen molar-refractivity contribution in [2.24, 2.45) is 0 Å². The number of para-hydroxylation sites is 1. The van der Waals surface area contributed by atoms with E-state index in [1.807, 2.05) is 0 Å². The van der Waals surface area contributed by atoms with Crippen LogP contribution in [0.15, 0.2) is 194 Å². The standard InChI is InChI=1S/C67H67N/c1-3-18-48(4-2)51-29-31-52(32-30-51)55-37-43-59(44-38-55)68(66-28-17-15-25-61(66)56-23-12-7-13-24-56)60-45-46-63-62-26-14-16-27-64(62)67(65(63)47-60,57-39-33-53(34-40-57)49-19-8-5-9-20-49)58-41-35-54(36-42-58)50-21-10-6-11-22-50/h7,12-17,23-50H,3-6,8-11,18-22H2,1-2H3. The van der Waals surface area contributed by atoms with E-state index in [-0.39, 0.29) is 0 Å². The van der Waals surface area contributed by atoms with Crippen LogP contribution < -0.4 is 4.90 Å². The molecule has 0 aromatic heterocycles. The van der Waals surface area contributed by atoms with E-state index >= 15 is 0 Å². The molecule has 0 aliphatic heterocycles. The highest BCUT2D eigenvalue weighted by atomic mass is 15.1. The van der Waals surface area contributed by atoms with E-state index < -0.39 is 5.41 Å². The fourth-order valence-electron chi connectivity index (χ4n) is 12.7. The summed E-state index contributed by atoms with van der Waals surface area (Å²) in [6.07, 6.45) is 16.9. The van der Waals surface area contributed by atoms with Gasteiger partial charge < -0.3 is 4.90 Å². The number of benzene rings is 8. The van der Waals surface area contributed by atoms with Crippen LogP contribution in [-0.4, -0.2) is 0 Å². The van der Waals surface area contributed by atoms with Gasteiger partial charge in [0.25, 0.3) is 0 Å². The third-order valence-corrected chi connectivity index (χ3v) is 16.3. The molecule has 8 aromatic rings. The van der Waals surface area contributed by atoms with E-state index in [4.69, 9.17) is 0 Å². The highest BCUT2D eigenvalue weighted by molar-refractivity contribution is 5.92. The maximum atomic E-state index is 2.55. The summed E-state index contributed by atoms with van der Waals surface area (Å²) >= 11 is 0. The molecule has 68 heavy (non-hydrogen) atoms. The lowest BCUT2D eigenvalue weighted by molar-refractivity contribution is 0.443. The quantitative estimate of drug-likeness (QED) is 0.111. The van der Waals surface area contributed by atoms with Crippen molar-refractivity contribution < 1.29 is 0 Å². The topological polar surface area (TPSA) is 3.24 Å². The molecule has 0 spiro atoms. The zero-order chi connectivity index (χ0) is 45.9. The first-order valence-electron chi connectivity index (χ1n) is 26.2. The van der Waals surface area contributed by atoms with Crippen LogP contribution in [0, 0.1) is 0 Å². The summed E-state index contributed by atoms with van der Waals surface area (Å²) in [6.45, 7) is 4.61. The van der Waals surface area contributed by atoms with Gasteiger partial charge in [-0.2, -0.15) is 0 Å². The Morgan fingerprint density at radius 2 is 0.956 bits per heavy atom. The first kappa shape index (κ1) is 44.1. The Morgan fingerprint density at radius 1 is 0.441 bits per heavy atom. The van der Waals surface area contributed by atoms with Crippen LogP contribution in [0.1, 0.15) is 154 Å². The largest absolute Gasteiger partial charge is 0.310 e. The minimum Gasteiger partial charge on any atom is -0.310 e. The molecule has 340 valence electrons. The van der Waals surface area contributed by atoms with Crippen molar-refractivity contribution in [2.45, 2.75) is 120 Å². The van der Waals surface area contributed by atoms with E-state index in [0.717, 1.165) is 17.1 Å². The molecule has 8 aromatic carbocycles. The Bertz CT molecular complexity index is 2870. The van der Waals surface area contributed by atoms with Crippen LogP contribution in [0.4, 0.5) is 17.1 Å². The maximum Gasteiger partial charge on any atom is 0.0714 e. The summed E-state index contributed by atoms with van der Waals surface area (Å²) in [4.78, 5) is 2.51. The van der Waals surface area contributed by atoms with Crippen LogP contribution in [0.25, 0.3) is 33.4 Å². The Hall–Kier alpha value is -6.44. The van der Waals surface area contributed by atoms with Crippen molar-refractivity contribution in [1.29, 1.82) is 0 Å². The molecule has 0 amide bonds. The molecule has 1 unspecified atom stereocenters. The molecule has 1 heteroatoms. The van der Waals surface area contributed by atoms with Crippen LogP contribution in [0.5, 0.6) is 0 Å². The fraction of sp³-hybridized carbons (Fsp3) is 0.284. The molecular formula is C67H67N. The number of rotatable bonds is 13. The summed E-state index contributed by atoms with van der Waals surface area (Å²) in [6, 6.07) is 75.1. The van der Waals surface area contributed by atoms with Gasteiger partial charge in [-0.3, -0.25) is 0 Å². The van der Waals surface area contributed by atoms with E-state index in [9.17, 15) is 0 Å². The summed E-state index contributed by atoms with van der Waals surface area (Å²) < 4.78 is 0. The second-order valence-electron chi connectivity index (χ2n) is 20.2. The zero-order valence-electron chi connectivity index (χ0n) is 40.3. The first-order valence-corrected chi connectivity index (χ1v) is 26.2. The molecule has 1 atom stereocenters. The summed E-state index contributed by atoms with van der Waals surface area (Å²) in [7, 11) is 0. The van der Waals surface area contributed by atoms with Gasteiger partial charge in [-0.25, -0.2) is 0 Å². The molecule has 11 rings (SSSR count). The molecular weight excluding hydrogens is 819 g/mol. The Balaban J connectivity index is 1.08. The normalized spacial score (nSPS) is 16.2. The molecule has 0 saturated heterocycles. The molecule has 2 fully saturated rings. The maximum absolute atomic E-state index is 2.55. The van der Waals surface area contributed by atoms with Crippen molar-refractivity contribution in [3.63, 3.8) is 0 Å². The molecule has 3 aliphatic rings. The van der Waals surface area contributed by atoms with Gasteiger partial charge in [0.05, 0.1) is 11.1 Å². The molecule has 0 bridgehead atoms. The number of hydrogen-bond acceptors (Lipinski definition) is 1. The van der Waals surface area contributed by atoms with Gasteiger partial charge in [0.2, 0.25) is 0 Å². The van der Waals surface area contributed by atoms with Gasteiger partial charge in [-0.1, -0.05) is 223 Å². The Kier molecular flexibility index (Phi) is 12.7. The van der Waals surface area contributed by atoms with E-state index in [1.54, 1.807) is 0 Å². The summed E-state index contributed by atoms with van der Waals surface area (Å²) in [5.41, 5.74) is 20.3. The lowest BCUT2D eigenvalue weighted by Gasteiger charge is -2.36. The minimum absolute atomic E-state index is 0.507. The van der Waals surface area contributed by atoms with Gasteiger partial charge in [-0.05, 0) is 153 Å². The van der Waals surface area contributed by atoms with Crippen molar-refractivity contribution in [1.82, 2.24) is 0 Å². The number of fused-ring (bicyclic) bond motifs is 3. The Labute approximate surface area is 407 Å². The molecule has 1 nitrogen and oxygen atoms in total. The second-order valence-corrected chi connectivity index (χ2v) is 20.2. The van der Waals surface area contributed by atoms with Gasteiger partial charge in [0.15, 0.2) is 0 Å². The van der Waals surface area contributed by atoms with Crippen molar-refractivity contribution in [3.05, 3.63) is 233 Å². The predicted octanol–water partition coefficient (Wildman–Crippen LogP) is 19.2. The molecule has 3 aliphatic carbocycles. The molecule has 0 heterocycles. The number of anilines is 3.